The minimum atomic E-state index is -1.47. The van der Waals surface area contributed by atoms with Crippen LogP contribution in [0.5, 0.6) is 0 Å². The molecule has 1 radical (unpaired) electrons. The molecule has 0 atom stereocenters. The lowest BCUT2D eigenvalue weighted by Gasteiger charge is -1.98. The Hall–Kier alpha value is -2.44. The van der Waals surface area contributed by atoms with E-state index in [1.807, 2.05) is 0 Å². The fourth-order valence-electron chi connectivity index (χ4n) is 0.862. The second-order valence-corrected chi connectivity index (χ2v) is 2.48. The van der Waals surface area contributed by atoms with E-state index in [9.17, 15) is 19.7 Å². The largest absolute Gasteiger partial charge is 0.434 e. The van der Waals surface area contributed by atoms with E-state index in [-0.39, 0.29) is 11.3 Å². The first-order valence-corrected chi connectivity index (χ1v) is 3.73. The van der Waals surface area contributed by atoms with Gasteiger partial charge in [-0.25, -0.2) is 15.3 Å². The number of non-ortho nitro benzene ring substituents is 1. The van der Waals surface area contributed by atoms with Crippen LogP contribution in [0.25, 0.3) is 0 Å². The summed E-state index contributed by atoms with van der Waals surface area (Å²) in [5.74, 6) is -1.01. The molecule has 0 aliphatic rings. The van der Waals surface area contributed by atoms with Crippen LogP contribution in [-0.4, -0.2) is 17.0 Å². The number of nitrogens with one attached hydrogen (secondary N) is 1. The van der Waals surface area contributed by atoms with Crippen molar-refractivity contribution in [1.29, 1.82) is 0 Å². The summed E-state index contributed by atoms with van der Waals surface area (Å²) < 4.78 is 3.96. The van der Waals surface area contributed by atoms with Crippen molar-refractivity contribution >= 4 is 17.7 Å². The van der Waals surface area contributed by atoms with E-state index in [1.54, 1.807) is 0 Å². The first-order valence-electron chi connectivity index (χ1n) is 3.73. The number of carbonyl (C=O) groups excluding carboxylic acids is 2. The van der Waals surface area contributed by atoms with Crippen LogP contribution in [0, 0.1) is 10.1 Å². The summed E-state index contributed by atoms with van der Waals surface area (Å²) in [6.45, 7) is 0. The van der Waals surface area contributed by atoms with Gasteiger partial charge < -0.3 is 4.74 Å². The minimum Gasteiger partial charge on any atom is -0.371 e. The van der Waals surface area contributed by atoms with Gasteiger partial charge in [-0.3, -0.25) is 10.1 Å². The lowest BCUT2D eigenvalue weighted by molar-refractivity contribution is -0.384. The van der Waals surface area contributed by atoms with Crippen molar-refractivity contribution < 1.29 is 19.2 Å². The van der Waals surface area contributed by atoms with Gasteiger partial charge in [0.25, 0.3) is 5.69 Å². The molecule has 0 heterocycles. The summed E-state index contributed by atoms with van der Waals surface area (Å²) in [6.07, 6.45) is -1.47. The molecule has 0 aliphatic carbocycles. The Morgan fingerprint density at radius 2 is 1.80 bits per heavy atom. The van der Waals surface area contributed by atoms with Crippen molar-refractivity contribution in [1.82, 2.24) is 5.73 Å². The highest BCUT2D eigenvalue weighted by atomic mass is 16.6. The van der Waals surface area contributed by atoms with Crippen LogP contribution >= 0.6 is 0 Å². The SMILES string of the molecule is [NH]C(=O)OC(=O)c1ccc([N+](=O)[O-])cc1. The van der Waals surface area contributed by atoms with E-state index in [0.29, 0.717) is 0 Å². The zero-order chi connectivity index (χ0) is 11.4. The number of hydrogen-bond donors (Lipinski definition) is 0. The molecule has 0 saturated carbocycles. The molecule has 1 N–H and O–H groups in total. The molecular formula is C8H5N2O5. The maximum absolute atomic E-state index is 11.0. The molecule has 1 amide bonds. The zero-order valence-electron chi connectivity index (χ0n) is 7.30. The van der Waals surface area contributed by atoms with Crippen molar-refractivity contribution in [3.63, 3.8) is 0 Å². The summed E-state index contributed by atoms with van der Waals surface area (Å²) in [7, 11) is 0. The quantitative estimate of drug-likeness (QED) is 0.314. The Morgan fingerprint density at radius 1 is 1.27 bits per heavy atom. The molecule has 0 spiro atoms. The van der Waals surface area contributed by atoms with Crippen LogP contribution in [0.1, 0.15) is 10.4 Å². The van der Waals surface area contributed by atoms with Gasteiger partial charge in [0.05, 0.1) is 10.5 Å². The number of nitrogens with zero attached hydrogens (tertiary/aromatic N) is 1. The molecular weight excluding hydrogens is 204 g/mol. The highest BCUT2D eigenvalue weighted by Crippen LogP contribution is 2.12. The summed E-state index contributed by atoms with van der Waals surface area (Å²) in [6, 6.07) is 4.49. The van der Waals surface area contributed by atoms with E-state index in [2.05, 4.69) is 4.74 Å². The highest BCUT2D eigenvalue weighted by molar-refractivity contribution is 5.95. The Balaban J connectivity index is 2.84. The summed E-state index contributed by atoms with van der Waals surface area (Å²) in [4.78, 5) is 30.8. The predicted octanol–water partition coefficient (Wildman–Crippen LogP) is 1.15. The number of ether oxygens (including phenoxy) is 1. The van der Waals surface area contributed by atoms with Crippen LogP contribution in [-0.2, 0) is 4.74 Å². The van der Waals surface area contributed by atoms with Crippen molar-refractivity contribution in [2.24, 2.45) is 0 Å². The topological polar surface area (TPSA) is 110 Å². The molecule has 0 bridgehead atoms. The molecule has 0 unspecified atom stereocenters. The monoisotopic (exact) mass is 209 g/mol. The summed E-state index contributed by atoms with van der Waals surface area (Å²) in [5.41, 5.74) is 6.17. The molecule has 0 fully saturated rings. The van der Waals surface area contributed by atoms with Gasteiger partial charge in [-0.1, -0.05) is 0 Å². The van der Waals surface area contributed by atoms with E-state index < -0.39 is 17.0 Å². The number of hydrogen-bond acceptors (Lipinski definition) is 5. The Bertz CT molecular complexity index is 412. The number of amides is 1. The smallest absolute Gasteiger partial charge is 0.371 e. The van der Waals surface area contributed by atoms with Crippen LogP contribution < -0.4 is 5.73 Å². The summed E-state index contributed by atoms with van der Waals surface area (Å²) in [5, 5.41) is 10.3. The maximum atomic E-state index is 11.0. The number of esters is 1. The highest BCUT2D eigenvalue weighted by Gasteiger charge is 2.12. The first kappa shape index (κ1) is 10.6. The van der Waals surface area contributed by atoms with Gasteiger partial charge in [0.1, 0.15) is 0 Å². The molecule has 0 saturated heterocycles. The minimum absolute atomic E-state index is 0.0267. The van der Waals surface area contributed by atoms with Gasteiger partial charge >= 0.3 is 12.1 Å². The number of rotatable bonds is 2. The van der Waals surface area contributed by atoms with Crippen LogP contribution in [0.3, 0.4) is 0 Å². The number of nitro benzene ring substituents is 1. The number of nitro groups is 1. The molecule has 1 rings (SSSR count). The molecule has 7 heteroatoms. The Morgan fingerprint density at radius 3 is 2.20 bits per heavy atom. The molecule has 1 aromatic rings. The fraction of sp³-hybridized carbons (Fsp3) is 0. The second kappa shape index (κ2) is 4.18. The third-order valence-electron chi connectivity index (χ3n) is 1.50. The fourth-order valence-corrected chi connectivity index (χ4v) is 0.862. The number of carbonyl (C=O) groups is 2. The molecule has 7 nitrogen and oxygen atoms in total. The van der Waals surface area contributed by atoms with E-state index in [1.165, 1.54) is 0 Å². The van der Waals surface area contributed by atoms with Gasteiger partial charge in [-0.15, -0.1) is 0 Å². The molecule has 0 aliphatic heterocycles. The number of benzene rings is 1. The van der Waals surface area contributed by atoms with E-state index >= 15 is 0 Å². The average Bonchev–Trinajstić information content (AvgIpc) is 2.17. The van der Waals surface area contributed by atoms with Crippen molar-refractivity contribution in [3.8, 4) is 0 Å². The molecule has 1 aromatic carbocycles. The Kier molecular flexibility index (Phi) is 2.97. The van der Waals surface area contributed by atoms with Gasteiger partial charge in [-0.05, 0) is 12.1 Å². The van der Waals surface area contributed by atoms with Crippen molar-refractivity contribution in [2.75, 3.05) is 0 Å². The molecule has 77 valence electrons. The molecule has 15 heavy (non-hydrogen) atoms. The van der Waals surface area contributed by atoms with Crippen molar-refractivity contribution in [2.45, 2.75) is 0 Å². The third-order valence-corrected chi connectivity index (χ3v) is 1.50. The maximum Gasteiger partial charge on any atom is 0.434 e. The lowest BCUT2D eigenvalue weighted by atomic mass is 10.2. The summed E-state index contributed by atoms with van der Waals surface area (Å²) >= 11 is 0. The van der Waals surface area contributed by atoms with Gasteiger partial charge in [0.15, 0.2) is 0 Å². The second-order valence-electron chi connectivity index (χ2n) is 2.48. The Labute approximate surface area is 83.6 Å². The normalized spacial score (nSPS) is 9.33. The van der Waals surface area contributed by atoms with Gasteiger partial charge in [-0.2, -0.15) is 0 Å². The van der Waals surface area contributed by atoms with E-state index in [0.717, 1.165) is 24.3 Å². The van der Waals surface area contributed by atoms with E-state index in [4.69, 9.17) is 5.73 Å². The molecule has 0 aromatic heterocycles. The third kappa shape index (κ3) is 2.76. The van der Waals surface area contributed by atoms with Crippen LogP contribution in [0.15, 0.2) is 24.3 Å². The first-order chi connectivity index (χ1) is 7.00. The standard InChI is InChI=1S/C8H5N2O5/c9-8(12)15-7(11)5-1-3-6(4-2-5)10(13)14/h1-4,9H. The van der Waals surface area contributed by atoms with Crippen LogP contribution in [0.4, 0.5) is 10.5 Å². The predicted molar refractivity (Wildman–Crippen MR) is 47.0 cm³/mol. The van der Waals surface area contributed by atoms with Gasteiger partial charge in [0.2, 0.25) is 0 Å². The van der Waals surface area contributed by atoms with Gasteiger partial charge in [0, 0.05) is 12.1 Å². The van der Waals surface area contributed by atoms with Crippen molar-refractivity contribution in [3.05, 3.63) is 39.9 Å². The van der Waals surface area contributed by atoms with Crippen LogP contribution in [0.2, 0.25) is 0 Å². The zero-order valence-corrected chi connectivity index (χ0v) is 7.30. The average molecular weight is 209 g/mol. The lowest BCUT2D eigenvalue weighted by Crippen LogP contribution is -2.11.